The summed E-state index contributed by atoms with van der Waals surface area (Å²) in [5.41, 5.74) is 2.69. The predicted octanol–water partition coefficient (Wildman–Crippen LogP) is 1.29. The Morgan fingerprint density at radius 2 is 2.00 bits per heavy atom. The van der Waals surface area contributed by atoms with Crippen LogP contribution in [0.5, 0.6) is 5.75 Å². The zero-order valence-corrected chi connectivity index (χ0v) is 11.3. The van der Waals surface area contributed by atoms with Crippen LogP contribution in [-0.2, 0) is 0 Å². The van der Waals surface area contributed by atoms with E-state index in [1.165, 1.54) is 4.85 Å². The number of aromatic nitrogens is 3. The Labute approximate surface area is 113 Å². The van der Waals surface area contributed by atoms with E-state index in [0.717, 1.165) is 26.7 Å². The van der Waals surface area contributed by atoms with Gasteiger partial charge in [-0.25, -0.2) is 0 Å². The lowest BCUT2D eigenvalue weighted by Crippen LogP contribution is -2.14. The molecule has 0 fully saturated rings. The molecule has 3 aromatic rings. The maximum Gasteiger partial charge on any atom is 0.151 e. The van der Waals surface area contributed by atoms with Gasteiger partial charge in [0.25, 0.3) is 0 Å². The summed E-state index contributed by atoms with van der Waals surface area (Å²) < 4.78 is 1.02. The Hall–Kier alpha value is -1.82. The number of rotatable bonds is 2. The summed E-state index contributed by atoms with van der Waals surface area (Å²) in [4.78, 5) is 7.18. The lowest BCUT2D eigenvalue weighted by atomic mass is 9.95. The highest BCUT2D eigenvalue weighted by Gasteiger charge is 2.07. The SMILES string of the molecule is Bc1cc(Br)ccc1On1nnc2ccccc21. The van der Waals surface area contributed by atoms with E-state index in [0.29, 0.717) is 0 Å². The fourth-order valence-electron chi connectivity index (χ4n) is 1.72. The monoisotopic (exact) mass is 301 g/mol. The van der Waals surface area contributed by atoms with Gasteiger partial charge >= 0.3 is 0 Å². The highest BCUT2D eigenvalue weighted by Crippen LogP contribution is 2.16. The third-order valence-electron chi connectivity index (χ3n) is 2.64. The van der Waals surface area contributed by atoms with Crippen molar-refractivity contribution in [3.05, 3.63) is 46.9 Å². The van der Waals surface area contributed by atoms with Crippen LogP contribution in [0, 0.1) is 0 Å². The van der Waals surface area contributed by atoms with E-state index >= 15 is 0 Å². The van der Waals surface area contributed by atoms with Crippen LogP contribution in [0.15, 0.2) is 46.9 Å². The standard InChI is InChI=1S/C12H9BBrN3O/c13-9-7-8(14)5-6-12(9)18-17-11-4-2-1-3-10(11)15-16-17/h1-7H,13H2. The molecule has 88 valence electrons. The van der Waals surface area contributed by atoms with Gasteiger partial charge in [-0.05, 0) is 34.9 Å². The summed E-state index contributed by atoms with van der Waals surface area (Å²) >= 11 is 3.42. The average molecular weight is 302 g/mol. The molecule has 18 heavy (non-hydrogen) atoms. The lowest BCUT2D eigenvalue weighted by molar-refractivity contribution is 0.186. The summed E-state index contributed by atoms with van der Waals surface area (Å²) in [6.45, 7) is 0. The molecule has 0 atom stereocenters. The van der Waals surface area contributed by atoms with Gasteiger partial charge in [-0.2, -0.15) is 0 Å². The minimum Gasteiger partial charge on any atom is -0.357 e. The minimum absolute atomic E-state index is 0.758. The van der Waals surface area contributed by atoms with Crippen LogP contribution in [0.1, 0.15) is 0 Å². The first-order valence-corrected chi connectivity index (χ1v) is 6.28. The van der Waals surface area contributed by atoms with Crippen molar-refractivity contribution >= 4 is 40.3 Å². The van der Waals surface area contributed by atoms with Crippen LogP contribution in [0.25, 0.3) is 11.0 Å². The Balaban J connectivity index is 2.01. The topological polar surface area (TPSA) is 39.9 Å². The van der Waals surface area contributed by atoms with Gasteiger partial charge in [-0.1, -0.05) is 39.0 Å². The van der Waals surface area contributed by atoms with Crippen molar-refractivity contribution in [3.8, 4) is 5.75 Å². The van der Waals surface area contributed by atoms with Crippen molar-refractivity contribution in [2.75, 3.05) is 0 Å². The number of halogens is 1. The van der Waals surface area contributed by atoms with Gasteiger partial charge in [0.15, 0.2) is 5.75 Å². The first-order valence-electron chi connectivity index (χ1n) is 5.49. The zero-order chi connectivity index (χ0) is 12.5. The van der Waals surface area contributed by atoms with E-state index in [2.05, 4.69) is 26.2 Å². The number of hydrogen-bond acceptors (Lipinski definition) is 3. The number of para-hydroxylation sites is 1. The first-order chi connectivity index (χ1) is 8.74. The number of fused-ring (bicyclic) bond motifs is 1. The molecule has 0 unspecified atom stereocenters. The Morgan fingerprint density at radius 1 is 1.17 bits per heavy atom. The van der Waals surface area contributed by atoms with Gasteiger partial charge in [-0.3, -0.25) is 0 Å². The van der Waals surface area contributed by atoms with E-state index in [9.17, 15) is 0 Å². The van der Waals surface area contributed by atoms with Crippen molar-refractivity contribution < 1.29 is 4.84 Å². The number of benzene rings is 2. The van der Waals surface area contributed by atoms with E-state index in [1.54, 1.807) is 0 Å². The smallest absolute Gasteiger partial charge is 0.151 e. The van der Waals surface area contributed by atoms with Gasteiger partial charge in [-0.15, -0.1) is 5.10 Å². The van der Waals surface area contributed by atoms with E-state index in [-0.39, 0.29) is 0 Å². The molecule has 6 heteroatoms. The minimum atomic E-state index is 0.758. The van der Waals surface area contributed by atoms with Crippen molar-refractivity contribution in [2.45, 2.75) is 0 Å². The van der Waals surface area contributed by atoms with E-state index in [4.69, 9.17) is 4.84 Å². The molecule has 0 spiro atoms. The molecule has 1 aromatic heterocycles. The molecule has 0 saturated heterocycles. The fraction of sp³-hybridized carbons (Fsp3) is 0. The van der Waals surface area contributed by atoms with Gasteiger partial charge in [0, 0.05) is 4.47 Å². The number of hydrogen-bond donors (Lipinski definition) is 0. The molecule has 0 aliphatic rings. The predicted molar refractivity (Wildman–Crippen MR) is 75.9 cm³/mol. The largest absolute Gasteiger partial charge is 0.357 e. The second-order valence-electron chi connectivity index (χ2n) is 3.95. The van der Waals surface area contributed by atoms with Crippen LogP contribution in [0.2, 0.25) is 0 Å². The lowest BCUT2D eigenvalue weighted by Gasteiger charge is -2.07. The molecule has 0 aliphatic heterocycles. The second kappa shape index (κ2) is 4.46. The van der Waals surface area contributed by atoms with E-state index in [1.807, 2.05) is 50.3 Å². The van der Waals surface area contributed by atoms with Crippen LogP contribution < -0.4 is 10.3 Å². The summed E-state index contributed by atoms with van der Waals surface area (Å²) in [5, 5.41) is 8.03. The molecular weight excluding hydrogens is 293 g/mol. The average Bonchev–Trinajstić information content (AvgIpc) is 2.76. The normalized spacial score (nSPS) is 10.7. The van der Waals surface area contributed by atoms with Crippen molar-refractivity contribution in [3.63, 3.8) is 0 Å². The molecule has 0 aliphatic carbocycles. The maximum atomic E-state index is 5.74. The van der Waals surface area contributed by atoms with Crippen molar-refractivity contribution in [1.29, 1.82) is 0 Å². The van der Waals surface area contributed by atoms with Crippen LogP contribution in [0.4, 0.5) is 0 Å². The Bertz CT molecular complexity index is 713. The Kier molecular flexibility index (Phi) is 2.79. The highest BCUT2D eigenvalue weighted by molar-refractivity contribution is 9.10. The summed E-state index contributed by atoms with van der Waals surface area (Å²) in [7, 11) is 1.99. The Morgan fingerprint density at radius 3 is 2.83 bits per heavy atom. The molecule has 0 saturated carbocycles. The first kappa shape index (κ1) is 11.3. The van der Waals surface area contributed by atoms with Gasteiger partial charge in [0.2, 0.25) is 0 Å². The van der Waals surface area contributed by atoms with Crippen LogP contribution in [-0.4, -0.2) is 23.0 Å². The maximum absolute atomic E-state index is 5.74. The third kappa shape index (κ3) is 1.99. The molecule has 1 heterocycles. The van der Waals surface area contributed by atoms with E-state index < -0.39 is 0 Å². The quantitative estimate of drug-likeness (QED) is 0.670. The fourth-order valence-corrected chi connectivity index (χ4v) is 2.20. The molecule has 2 aromatic carbocycles. The van der Waals surface area contributed by atoms with Gasteiger partial charge < -0.3 is 4.84 Å². The zero-order valence-electron chi connectivity index (χ0n) is 9.67. The third-order valence-corrected chi connectivity index (χ3v) is 3.14. The highest BCUT2D eigenvalue weighted by atomic mass is 79.9. The summed E-state index contributed by atoms with van der Waals surface area (Å²) in [6, 6.07) is 13.5. The number of nitrogens with zero attached hydrogens (tertiary/aromatic N) is 3. The van der Waals surface area contributed by atoms with Crippen LogP contribution >= 0.6 is 15.9 Å². The molecule has 0 N–H and O–H groups in total. The van der Waals surface area contributed by atoms with Crippen LogP contribution in [0.3, 0.4) is 0 Å². The molecule has 4 nitrogen and oxygen atoms in total. The molecule has 0 bridgehead atoms. The molecular formula is C12H9BBrN3O. The van der Waals surface area contributed by atoms with Gasteiger partial charge in [0.05, 0.1) is 0 Å². The summed E-state index contributed by atoms with van der Waals surface area (Å²) in [5.74, 6) is 0.758. The second-order valence-corrected chi connectivity index (χ2v) is 4.87. The summed E-state index contributed by atoms with van der Waals surface area (Å²) in [6.07, 6.45) is 0. The van der Waals surface area contributed by atoms with Crippen molar-refractivity contribution in [2.24, 2.45) is 0 Å². The van der Waals surface area contributed by atoms with Gasteiger partial charge in [0.1, 0.15) is 18.9 Å². The molecule has 3 rings (SSSR count). The van der Waals surface area contributed by atoms with Crippen molar-refractivity contribution in [1.82, 2.24) is 15.2 Å². The molecule has 0 amide bonds. The molecule has 0 radical (unpaired) electrons.